The van der Waals surface area contributed by atoms with Gasteiger partial charge in [0, 0.05) is 5.56 Å². The van der Waals surface area contributed by atoms with Gasteiger partial charge in [-0.1, -0.05) is 11.3 Å². The zero-order valence-corrected chi connectivity index (χ0v) is 17.2. The van der Waals surface area contributed by atoms with Crippen molar-refractivity contribution in [1.29, 1.82) is 0 Å². The minimum Gasteiger partial charge on any atom is -0.465 e. The standard InChI is InChI=1S/C21H19FN2O5S/c1-3-28-18(25)12-24-16-10-7-14(20(27)29-4-2)11-17(16)30-21(24)23-19(26)13-5-8-15(22)9-6-13/h5-11H,3-4,12H2,1-2H3. The van der Waals surface area contributed by atoms with Gasteiger partial charge in [-0.3, -0.25) is 9.59 Å². The smallest absolute Gasteiger partial charge is 0.338 e. The summed E-state index contributed by atoms with van der Waals surface area (Å²) in [6.07, 6.45) is 0. The summed E-state index contributed by atoms with van der Waals surface area (Å²) in [6.45, 7) is 3.73. The molecule has 0 radical (unpaired) electrons. The maximum Gasteiger partial charge on any atom is 0.338 e. The maximum absolute atomic E-state index is 13.1. The van der Waals surface area contributed by atoms with Crippen LogP contribution in [0.25, 0.3) is 10.2 Å². The number of nitrogens with zero attached hydrogens (tertiary/aromatic N) is 2. The Morgan fingerprint density at radius 2 is 1.67 bits per heavy atom. The van der Waals surface area contributed by atoms with Gasteiger partial charge in [0.15, 0.2) is 4.80 Å². The number of carbonyl (C=O) groups is 3. The Bertz CT molecular complexity index is 1160. The quantitative estimate of drug-likeness (QED) is 0.560. The molecule has 0 bridgehead atoms. The number of rotatable bonds is 6. The maximum atomic E-state index is 13.1. The average molecular weight is 430 g/mol. The number of benzene rings is 2. The molecule has 1 amide bonds. The van der Waals surface area contributed by atoms with Crippen molar-refractivity contribution in [3.05, 3.63) is 64.2 Å². The normalized spacial score (nSPS) is 11.5. The second-order valence-electron chi connectivity index (χ2n) is 6.10. The van der Waals surface area contributed by atoms with E-state index >= 15 is 0 Å². The zero-order valence-electron chi connectivity index (χ0n) is 16.4. The molecule has 0 aliphatic heterocycles. The topological polar surface area (TPSA) is 87.0 Å². The van der Waals surface area contributed by atoms with Crippen molar-refractivity contribution in [3.63, 3.8) is 0 Å². The summed E-state index contributed by atoms with van der Waals surface area (Å²) in [4.78, 5) is 41.0. The van der Waals surface area contributed by atoms with Crippen molar-refractivity contribution in [2.75, 3.05) is 13.2 Å². The summed E-state index contributed by atoms with van der Waals surface area (Å²) in [5.41, 5.74) is 1.18. The predicted octanol–water partition coefficient (Wildman–Crippen LogP) is 3.32. The highest BCUT2D eigenvalue weighted by Gasteiger charge is 2.15. The van der Waals surface area contributed by atoms with E-state index in [1.54, 1.807) is 36.6 Å². The number of aromatic nitrogens is 1. The van der Waals surface area contributed by atoms with E-state index in [1.165, 1.54) is 24.3 Å². The molecule has 9 heteroatoms. The van der Waals surface area contributed by atoms with Crippen molar-refractivity contribution in [2.24, 2.45) is 4.99 Å². The Kier molecular flexibility index (Phi) is 6.73. The minimum atomic E-state index is -0.579. The van der Waals surface area contributed by atoms with E-state index in [1.807, 2.05) is 0 Å². The fourth-order valence-electron chi connectivity index (χ4n) is 2.73. The lowest BCUT2D eigenvalue weighted by molar-refractivity contribution is -0.143. The molecule has 0 unspecified atom stereocenters. The number of hydrogen-bond acceptors (Lipinski definition) is 6. The molecule has 7 nitrogen and oxygen atoms in total. The van der Waals surface area contributed by atoms with Crippen molar-refractivity contribution in [2.45, 2.75) is 20.4 Å². The molecule has 0 aliphatic rings. The fraction of sp³-hybridized carbons (Fsp3) is 0.238. The van der Waals surface area contributed by atoms with Crippen LogP contribution >= 0.6 is 11.3 Å². The molecule has 3 aromatic rings. The van der Waals surface area contributed by atoms with Crippen LogP contribution in [0.15, 0.2) is 47.5 Å². The summed E-state index contributed by atoms with van der Waals surface area (Å²) >= 11 is 1.15. The highest BCUT2D eigenvalue weighted by atomic mass is 32.1. The number of halogens is 1. The van der Waals surface area contributed by atoms with Gasteiger partial charge in [0.05, 0.1) is 29.0 Å². The van der Waals surface area contributed by atoms with Gasteiger partial charge in [-0.15, -0.1) is 0 Å². The van der Waals surface area contributed by atoms with E-state index in [-0.39, 0.29) is 30.1 Å². The van der Waals surface area contributed by atoms with Crippen molar-refractivity contribution >= 4 is 39.4 Å². The molecular weight excluding hydrogens is 411 g/mol. The number of esters is 2. The Morgan fingerprint density at radius 1 is 1.00 bits per heavy atom. The number of hydrogen-bond donors (Lipinski definition) is 0. The Morgan fingerprint density at radius 3 is 2.33 bits per heavy atom. The van der Waals surface area contributed by atoms with E-state index in [4.69, 9.17) is 9.47 Å². The van der Waals surface area contributed by atoms with Crippen LogP contribution in [-0.4, -0.2) is 35.6 Å². The van der Waals surface area contributed by atoms with Gasteiger partial charge in [-0.05, 0) is 56.3 Å². The van der Waals surface area contributed by atoms with Gasteiger partial charge in [0.2, 0.25) is 0 Å². The highest BCUT2D eigenvalue weighted by molar-refractivity contribution is 7.16. The molecule has 0 atom stereocenters. The van der Waals surface area contributed by atoms with Crippen LogP contribution in [0.5, 0.6) is 0 Å². The van der Waals surface area contributed by atoms with Crippen LogP contribution in [0.3, 0.4) is 0 Å². The molecule has 2 aromatic carbocycles. The van der Waals surface area contributed by atoms with Crippen LogP contribution in [0.2, 0.25) is 0 Å². The summed E-state index contributed by atoms with van der Waals surface area (Å²) in [5.74, 6) is -1.99. The molecule has 3 rings (SSSR count). The van der Waals surface area contributed by atoms with E-state index in [2.05, 4.69) is 4.99 Å². The zero-order chi connectivity index (χ0) is 21.7. The third-order valence-corrected chi connectivity index (χ3v) is 5.12. The summed E-state index contributed by atoms with van der Waals surface area (Å²) in [5, 5.41) is 0. The van der Waals surface area contributed by atoms with Crippen LogP contribution < -0.4 is 4.80 Å². The van der Waals surface area contributed by atoms with Gasteiger partial charge in [0.1, 0.15) is 12.4 Å². The first-order valence-corrected chi connectivity index (χ1v) is 10.0. The first kappa shape index (κ1) is 21.4. The molecule has 30 heavy (non-hydrogen) atoms. The van der Waals surface area contributed by atoms with E-state index in [9.17, 15) is 18.8 Å². The van der Waals surface area contributed by atoms with Crippen LogP contribution in [0.4, 0.5) is 4.39 Å². The number of amides is 1. The number of carbonyl (C=O) groups excluding carboxylic acids is 3. The van der Waals surface area contributed by atoms with Crippen molar-refractivity contribution in [1.82, 2.24) is 4.57 Å². The fourth-order valence-corrected chi connectivity index (χ4v) is 3.80. The highest BCUT2D eigenvalue weighted by Crippen LogP contribution is 2.20. The molecular formula is C21H19FN2O5S. The molecule has 0 N–H and O–H groups in total. The lowest BCUT2D eigenvalue weighted by Crippen LogP contribution is -2.23. The summed E-state index contributed by atoms with van der Waals surface area (Å²) < 4.78 is 25.4. The molecule has 1 aromatic heterocycles. The van der Waals surface area contributed by atoms with Gasteiger partial charge in [0.25, 0.3) is 5.91 Å². The predicted molar refractivity (Wildman–Crippen MR) is 109 cm³/mol. The first-order chi connectivity index (χ1) is 14.4. The van der Waals surface area contributed by atoms with Crippen LogP contribution in [-0.2, 0) is 20.8 Å². The molecule has 0 fully saturated rings. The van der Waals surface area contributed by atoms with Gasteiger partial charge in [-0.25, -0.2) is 9.18 Å². The van der Waals surface area contributed by atoms with Gasteiger partial charge < -0.3 is 14.0 Å². The van der Waals surface area contributed by atoms with E-state index in [0.717, 1.165) is 11.3 Å². The second kappa shape index (κ2) is 9.45. The molecule has 0 saturated heterocycles. The second-order valence-corrected chi connectivity index (χ2v) is 7.11. The molecule has 156 valence electrons. The molecule has 0 aliphatic carbocycles. The Balaban J connectivity index is 2.09. The van der Waals surface area contributed by atoms with Crippen LogP contribution in [0.1, 0.15) is 34.6 Å². The van der Waals surface area contributed by atoms with Crippen molar-refractivity contribution in [3.8, 4) is 0 Å². The summed E-state index contributed by atoms with van der Waals surface area (Å²) in [7, 11) is 0. The Labute approximate surface area is 175 Å². The molecule has 1 heterocycles. The average Bonchev–Trinajstić information content (AvgIpc) is 3.05. The van der Waals surface area contributed by atoms with E-state index in [0.29, 0.717) is 15.8 Å². The molecule has 0 saturated carbocycles. The lowest BCUT2D eigenvalue weighted by atomic mass is 10.2. The van der Waals surface area contributed by atoms with Gasteiger partial charge >= 0.3 is 11.9 Å². The molecule has 0 spiro atoms. The third kappa shape index (κ3) is 4.80. The Hall–Kier alpha value is -3.33. The number of fused-ring (bicyclic) bond motifs is 1. The van der Waals surface area contributed by atoms with Crippen LogP contribution in [0, 0.1) is 5.82 Å². The van der Waals surface area contributed by atoms with E-state index < -0.39 is 23.7 Å². The number of thiazole rings is 1. The largest absolute Gasteiger partial charge is 0.465 e. The third-order valence-electron chi connectivity index (χ3n) is 4.07. The lowest BCUT2D eigenvalue weighted by Gasteiger charge is -2.06. The minimum absolute atomic E-state index is 0.151. The number of ether oxygens (including phenoxy) is 2. The first-order valence-electron chi connectivity index (χ1n) is 9.23. The van der Waals surface area contributed by atoms with Gasteiger partial charge in [-0.2, -0.15) is 4.99 Å². The summed E-state index contributed by atoms with van der Waals surface area (Å²) in [6, 6.07) is 9.89. The van der Waals surface area contributed by atoms with Crippen molar-refractivity contribution < 1.29 is 28.2 Å². The SMILES string of the molecule is CCOC(=O)Cn1c(=NC(=O)c2ccc(F)cc2)sc2cc(C(=O)OCC)ccc21. The monoisotopic (exact) mass is 430 g/mol.